The van der Waals surface area contributed by atoms with Crippen molar-refractivity contribution in [3.63, 3.8) is 0 Å². The van der Waals surface area contributed by atoms with Crippen LogP contribution < -0.4 is 0 Å². The SMILES string of the molecule is CC.CC.Cc1ccc2c(c1)CCc1ccccc1-2. The van der Waals surface area contributed by atoms with E-state index in [1.165, 1.54) is 40.7 Å². The largest absolute Gasteiger partial charge is 0.0683 e. The van der Waals surface area contributed by atoms with Crippen molar-refractivity contribution in [1.82, 2.24) is 0 Å². The maximum absolute atomic E-state index is 2.32. The number of hydrogen-bond donors (Lipinski definition) is 0. The highest BCUT2D eigenvalue weighted by Gasteiger charge is 2.14. The van der Waals surface area contributed by atoms with Gasteiger partial charge in [0, 0.05) is 0 Å². The molecule has 1 aliphatic rings. The maximum atomic E-state index is 2.32. The molecule has 0 N–H and O–H groups in total. The lowest BCUT2D eigenvalue weighted by Gasteiger charge is -2.19. The quantitative estimate of drug-likeness (QED) is 0.556. The van der Waals surface area contributed by atoms with Crippen molar-refractivity contribution in [1.29, 1.82) is 0 Å². The normalized spacial score (nSPS) is 11.0. The van der Waals surface area contributed by atoms with Gasteiger partial charge in [-0.2, -0.15) is 0 Å². The number of aryl methyl sites for hydroxylation is 3. The summed E-state index contributed by atoms with van der Waals surface area (Å²) >= 11 is 0. The van der Waals surface area contributed by atoms with Crippen LogP contribution in [0.15, 0.2) is 42.5 Å². The fourth-order valence-corrected chi connectivity index (χ4v) is 2.46. The van der Waals surface area contributed by atoms with Gasteiger partial charge in [-0.05, 0) is 42.0 Å². The van der Waals surface area contributed by atoms with Crippen LogP contribution in [0, 0.1) is 6.92 Å². The molecule has 0 unspecified atom stereocenters. The van der Waals surface area contributed by atoms with Crippen LogP contribution in [0.5, 0.6) is 0 Å². The molecule has 19 heavy (non-hydrogen) atoms. The van der Waals surface area contributed by atoms with Crippen LogP contribution in [0.2, 0.25) is 0 Å². The van der Waals surface area contributed by atoms with Crippen LogP contribution >= 0.6 is 0 Å². The van der Waals surface area contributed by atoms with E-state index < -0.39 is 0 Å². The summed E-state index contributed by atoms with van der Waals surface area (Å²) in [5.74, 6) is 0. The summed E-state index contributed by atoms with van der Waals surface area (Å²) in [6.45, 7) is 10.2. The second-order valence-corrected chi connectivity index (χ2v) is 4.32. The molecular weight excluding hydrogens is 228 g/mol. The zero-order valence-corrected chi connectivity index (χ0v) is 13.0. The molecule has 102 valence electrons. The highest BCUT2D eigenvalue weighted by Crippen LogP contribution is 2.33. The minimum absolute atomic E-state index is 1.19. The van der Waals surface area contributed by atoms with E-state index >= 15 is 0 Å². The van der Waals surface area contributed by atoms with Crippen LogP contribution in [0.3, 0.4) is 0 Å². The summed E-state index contributed by atoms with van der Waals surface area (Å²) in [5.41, 5.74) is 7.23. The summed E-state index contributed by atoms with van der Waals surface area (Å²) in [6.07, 6.45) is 2.38. The van der Waals surface area contributed by atoms with Crippen molar-refractivity contribution in [2.75, 3.05) is 0 Å². The molecule has 0 aliphatic heterocycles. The van der Waals surface area contributed by atoms with Crippen LogP contribution in [0.4, 0.5) is 0 Å². The Hall–Kier alpha value is -1.56. The second kappa shape index (κ2) is 7.78. The molecule has 0 spiro atoms. The number of benzene rings is 2. The lowest BCUT2D eigenvalue weighted by atomic mass is 9.85. The van der Waals surface area contributed by atoms with Crippen molar-refractivity contribution in [2.24, 2.45) is 0 Å². The zero-order valence-electron chi connectivity index (χ0n) is 13.0. The lowest BCUT2D eigenvalue weighted by molar-refractivity contribution is 0.940. The van der Waals surface area contributed by atoms with Crippen LogP contribution in [0.25, 0.3) is 11.1 Å². The Labute approximate surface area is 118 Å². The van der Waals surface area contributed by atoms with E-state index in [1.54, 1.807) is 0 Å². The molecule has 0 amide bonds. The minimum atomic E-state index is 1.19. The molecule has 0 saturated heterocycles. The third-order valence-corrected chi connectivity index (χ3v) is 3.23. The zero-order chi connectivity index (χ0) is 14.3. The van der Waals surface area contributed by atoms with Gasteiger partial charge in [0.1, 0.15) is 0 Å². The lowest BCUT2D eigenvalue weighted by Crippen LogP contribution is -2.03. The summed E-state index contributed by atoms with van der Waals surface area (Å²) in [7, 11) is 0. The van der Waals surface area contributed by atoms with E-state index in [0.29, 0.717) is 0 Å². The van der Waals surface area contributed by atoms with Gasteiger partial charge in [0.05, 0.1) is 0 Å². The van der Waals surface area contributed by atoms with E-state index in [2.05, 4.69) is 49.4 Å². The molecule has 3 rings (SSSR count). The Bertz CT molecular complexity index is 509. The van der Waals surface area contributed by atoms with E-state index in [4.69, 9.17) is 0 Å². The highest BCUT2D eigenvalue weighted by atomic mass is 14.2. The van der Waals surface area contributed by atoms with Crippen molar-refractivity contribution in [3.05, 3.63) is 59.2 Å². The van der Waals surface area contributed by atoms with Gasteiger partial charge in [0.2, 0.25) is 0 Å². The molecule has 0 saturated carbocycles. The Morgan fingerprint density at radius 3 is 2.00 bits per heavy atom. The van der Waals surface area contributed by atoms with Crippen LogP contribution in [-0.2, 0) is 12.8 Å². The predicted octanol–water partition coefficient (Wildman–Crippen LogP) is 5.81. The first-order chi connectivity index (χ1) is 9.34. The smallest absolute Gasteiger partial charge is 0.0149 e. The van der Waals surface area contributed by atoms with Crippen molar-refractivity contribution in [3.8, 4) is 11.1 Å². The molecule has 1 aliphatic carbocycles. The van der Waals surface area contributed by atoms with E-state index in [-0.39, 0.29) is 0 Å². The average Bonchev–Trinajstić information content (AvgIpc) is 2.51. The maximum Gasteiger partial charge on any atom is -0.0149 e. The Morgan fingerprint density at radius 1 is 0.684 bits per heavy atom. The predicted molar refractivity (Wildman–Crippen MR) is 86.7 cm³/mol. The monoisotopic (exact) mass is 254 g/mol. The van der Waals surface area contributed by atoms with Gasteiger partial charge in [-0.15, -0.1) is 0 Å². The third kappa shape index (κ3) is 3.47. The van der Waals surface area contributed by atoms with Crippen molar-refractivity contribution >= 4 is 0 Å². The molecule has 2 aromatic rings. The molecule has 0 fully saturated rings. The number of rotatable bonds is 0. The number of hydrogen-bond acceptors (Lipinski definition) is 0. The van der Waals surface area contributed by atoms with Gasteiger partial charge in [-0.1, -0.05) is 75.7 Å². The molecule has 0 atom stereocenters. The summed E-state index contributed by atoms with van der Waals surface area (Å²) in [4.78, 5) is 0. The third-order valence-electron chi connectivity index (χ3n) is 3.23. The summed E-state index contributed by atoms with van der Waals surface area (Å²) < 4.78 is 0. The van der Waals surface area contributed by atoms with Crippen molar-refractivity contribution < 1.29 is 0 Å². The number of fused-ring (bicyclic) bond motifs is 3. The first kappa shape index (κ1) is 15.5. The molecule has 0 aromatic heterocycles. The first-order valence-electron chi connectivity index (χ1n) is 7.52. The Morgan fingerprint density at radius 2 is 1.26 bits per heavy atom. The van der Waals surface area contributed by atoms with Crippen molar-refractivity contribution in [2.45, 2.75) is 47.5 Å². The van der Waals surface area contributed by atoms with E-state index in [1.807, 2.05) is 27.7 Å². The van der Waals surface area contributed by atoms with Gasteiger partial charge in [-0.25, -0.2) is 0 Å². The van der Waals surface area contributed by atoms with Gasteiger partial charge in [0.25, 0.3) is 0 Å². The fraction of sp³-hybridized carbons (Fsp3) is 0.368. The standard InChI is InChI=1S/C15H14.2C2H6/c1-11-6-9-15-13(10-11)8-7-12-4-2-3-5-14(12)15;2*1-2/h2-6,9-10H,7-8H2,1H3;2*1-2H3. The summed E-state index contributed by atoms with van der Waals surface area (Å²) in [6, 6.07) is 15.6. The molecular formula is C19H26. The molecule has 0 radical (unpaired) electrons. The Kier molecular flexibility index (Phi) is 6.35. The fourth-order valence-electron chi connectivity index (χ4n) is 2.46. The minimum Gasteiger partial charge on any atom is -0.0683 e. The van der Waals surface area contributed by atoms with E-state index in [0.717, 1.165) is 0 Å². The van der Waals surface area contributed by atoms with Gasteiger partial charge in [0.15, 0.2) is 0 Å². The van der Waals surface area contributed by atoms with Gasteiger partial charge < -0.3 is 0 Å². The first-order valence-corrected chi connectivity index (χ1v) is 7.52. The molecule has 0 nitrogen and oxygen atoms in total. The topological polar surface area (TPSA) is 0 Å². The Balaban J connectivity index is 0.000000415. The van der Waals surface area contributed by atoms with E-state index in [9.17, 15) is 0 Å². The highest BCUT2D eigenvalue weighted by molar-refractivity contribution is 5.73. The second-order valence-electron chi connectivity index (χ2n) is 4.32. The molecule has 0 bridgehead atoms. The summed E-state index contributed by atoms with van der Waals surface area (Å²) in [5, 5.41) is 0. The molecule has 0 heteroatoms. The molecule has 0 heterocycles. The van der Waals surface area contributed by atoms with Gasteiger partial charge in [-0.3, -0.25) is 0 Å². The van der Waals surface area contributed by atoms with Gasteiger partial charge >= 0.3 is 0 Å². The van der Waals surface area contributed by atoms with Crippen LogP contribution in [0.1, 0.15) is 44.4 Å². The molecule has 2 aromatic carbocycles. The average molecular weight is 254 g/mol. The van der Waals surface area contributed by atoms with Crippen LogP contribution in [-0.4, -0.2) is 0 Å².